The zero-order valence-corrected chi connectivity index (χ0v) is 17.3. The number of carbonyl (C=O) groups excluding carboxylic acids is 2. The summed E-state index contributed by atoms with van der Waals surface area (Å²) in [5.41, 5.74) is 0.556. The van der Waals surface area contributed by atoms with Crippen LogP contribution >= 0.6 is 0 Å². The Morgan fingerprint density at radius 1 is 1.00 bits per heavy atom. The Morgan fingerprint density at radius 2 is 1.76 bits per heavy atom. The van der Waals surface area contributed by atoms with Crippen LogP contribution in [0.1, 0.15) is 23.3 Å². The Bertz CT molecular complexity index is 956. The largest absolute Gasteiger partial charge is 0.354 e. The number of nitrogens with zero attached hydrogens (tertiary/aromatic N) is 3. The Morgan fingerprint density at radius 3 is 2.45 bits per heavy atom. The van der Waals surface area contributed by atoms with E-state index in [4.69, 9.17) is 0 Å². The molecule has 0 saturated carbocycles. The average molecular weight is 419 g/mol. The first-order valence-electron chi connectivity index (χ1n) is 9.62. The molecule has 0 spiro atoms. The molecule has 29 heavy (non-hydrogen) atoms. The SMILES string of the molecule is Cn1cccc1C(=O)N1CCCN(S(=O)(=O)c2ccccc2)CCC(=O)NCC1. The van der Waals surface area contributed by atoms with Gasteiger partial charge in [-0.25, -0.2) is 8.42 Å². The first kappa shape index (κ1) is 21.1. The predicted molar refractivity (Wildman–Crippen MR) is 109 cm³/mol. The zero-order valence-electron chi connectivity index (χ0n) is 16.5. The van der Waals surface area contributed by atoms with Gasteiger partial charge in [-0.05, 0) is 30.7 Å². The van der Waals surface area contributed by atoms with Gasteiger partial charge in [0.1, 0.15) is 5.69 Å². The van der Waals surface area contributed by atoms with E-state index in [1.54, 1.807) is 65.2 Å². The van der Waals surface area contributed by atoms with Crippen molar-refractivity contribution < 1.29 is 18.0 Å². The van der Waals surface area contributed by atoms with Crippen LogP contribution in [0.5, 0.6) is 0 Å². The normalized spacial score (nSPS) is 17.4. The number of hydrogen-bond acceptors (Lipinski definition) is 4. The monoisotopic (exact) mass is 418 g/mol. The van der Waals surface area contributed by atoms with Gasteiger partial charge in [-0.15, -0.1) is 0 Å². The van der Waals surface area contributed by atoms with Crippen molar-refractivity contribution in [3.63, 3.8) is 0 Å². The zero-order chi connectivity index (χ0) is 20.9. The second-order valence-corrected chi connectivity index (χ2v) is 8.91. The molecular formula is C20H26N4O4S. The average Bonchev–Trinajstić information content (AvgIpc) is 3.12. The molecule has 1 aliphatic rings. The molecule has 2 amide bonds. The first-order valence-corrected chi connectivity index (χ1v) is 11.1. The van der Waals surface area contributed by atoms with Crippen molar-refractivity contribution in [2.45, 2.75) is 17.7 Å². The van der Waals surface area contributed by atoms with Crippen LogP contribution in [0.25, 0.3) is 0 Å². The highest BCUT2D eigenvalue weighted by Crippen LogP contribution is 2.17. The van der Waals surface area contributed by atoms with Crippen molar-refractivity contribution in [3.05, 3.63) is 54.4 Å². The lowest BCUT2D eigenvalue weighted by Gasteiger charge is -2.25. The summed E-state index contributed by atoms with van der Waals surface area (Å²) in [6.45, 7) is 1.46. The summed E-state index contributed by atoms with van der Waals surface area (Å²) < 4.78 is 29.1. The van der Waals surface area contributed by atoms with E-state index in [0.29, 0.717) is 31.7 Å². The van der Waals surface area contributed by atoms with Gasteiger partial charge in [-0.3, -0.25) is 9.59 Å². The lowest BCUT2D eigenvalue weighted by atomic mass is 10.3. The van der Waals surface area contributed by atoms with E-state index in [0.717, 1.165) is 0 Å². The molecule has 1 aromatic carbocycles. The van der Waals surface area contributed by atoms with Gasteiger partial charge in [0.2, 0.25) is 15.9 Å². The molecular weight excluding hydrogens is 392 g/mol. The van der Waals surface area contributed by atoms with Crippen LogP contribution in [-0.4, -0.2) is 66.7 Å². The molecule has 1 aliphatic heterocycles. The molecule has 9 heteroatoms. The maximum atomic E-state index is 13.0. The van der Waals surface area contributed by atoms with Gasteiger partial charge in [0.25, 0.3) is 5.91 Å². The molecule has 0 bridgehead atoms. The highest BCUT2D eigenvalue weighted by atomic mass is 32.2. The Kier molecular flexibility index (Phi) is 6.71. The highest BCUT2D eigenvalue weighted by molar-refractivity contribution is 7.89. The van der Waals surface area contributed by atoms with Gasteiger partial charge in [0, 0.05) is 52.4 Å². The van der Waals surface area contributed by atoms with Crippen LogP contribution in [0.3, 0.4) is 0 Å². The van der Waals surface area contributed by atoms with E-state index in [2.05, 4.69) is 5.32 Å². The van der Waals surface area contributed by atoms with Gasteiger partial charge in [-0.1, -0.05) is 18.2 Å². The molecule has 1 saturated heterocycles. The fourth-order valence-electron chi connectivity index (χ4n) is 3.34. The van der Waals surface area contributed by atoms with Crippen LogP contribution in [0, 0.1) is 0 Å². The van der Waals surface area contributed by atoms with E-state index in [1.165, 1.54) is 4.31 Å². The first-order chi connectivity index (χ1) is 13.9. The fraction of sp³-hybridized carbons (Fsp3) is 0.400. The van der Waals surface area contributed by atoms with Crippen molar-refractivity contribution in [2.24, 2.45) is 7.05 Å². The minimum atomic E-state index is -3.71. The molecule has 2 aromatic rings. The number of nitrogens with one attached hydrogen (secondary N) is 1. The number of amides is 2. The molecule has 1 aromatic heterocycles. The maximum Gasteiger partial charge on any atom is 0.270 e. The highest BCUT2D eigenvalue weighted by Gasteiger charge is 2.26. The third-order valence-electron chi connectivity index (χ3n) is 4.96. The maximum absolute atomic E-state index is 13.0. The molecule has 0 unspecified atom stereocenters. The van der Waals surface area contributed by atoms with Crippen molar-refractivity contribution in [1.82, 2.24) is 19.1 Å². The van der Waals surface area contributed by atoms with Gasteiger partial charge >= 0.3 is 0 Å². The molecule has 0 radical (unpaired) electrons. The summed E-state index contributed by atoms with van der Waals surface area (Å²) in [5.74, 6) is -0.366. The molecule has 156 valence electrons. The Labute approximate surface area is 171 Å². The minimum absolute atomic E-state index is 0.0812. The van der Waals surface area contributed by atoms with Gasteiger partial charge < -0.3 is 14.8 Å². The summed E-state index contributed by atoms with van der Waals surface area (Å²) >= 11 is 0. The van der Waals surface area contributed by atoms with E-state index in [9.17, 15) is 18.0 Å². The lowest BCUT2D eigenvalue weighted by Crippen LogP contribution is -2.39. The lowest BCUT2D eigenvalue weighted by molar-refractivity contribution is -0.121. The summed E-state index contributed by atoms with van der Waals surface area (Å²) in [7, 11) is -1.91. The van der Waals surface area contributed by atoms with Gasteiger partial charge in [0.05, 0.1) is 4.90 Å². The number of sulfonamides is 1. The molecule has 8 nitrogen and oxygen atoms in total. The topological polar surface area (TPSA) is 91.7 Å². The molecule has 1 N–H and O–H groups in total. The number of carbonyl (C=O) groups is 2. The van der Waals surface area contributed by atoms with Crippen molar-refractivity contribution in [3.8, 4) is 0 Å². The number of aromatic nitrogens is 1. The van der Waals surface area contributed by atoms with Crippen LogP contribution in [0.2, 0.25) is 0 Å². The van der Waals surface area contributed by atoms with Crippen molar-refractivity contribution in [1.29, 1.82) is 0 Å². The van der Waals surface area contributed by atoms with Crippen molar-refractivity contribution in [2.75, 3.05) is 32.7 Å². The molecule has 3 rings (SSSR count). The summed E-state index contributed by atoms with van der Waals surface area (Å²) in [6, 6.07) is 11.7. The van der Waals surface area contributed by atoms with E-state index < -0.39 is 10.0 Å². The standard InChI is InChI=1S/C20H26N4O4S/c1-22-12-5-9-18(22)20(26)23-13-6-14-24(15-10-19(25)21-11-16-23)29(27,28)17-7-3-2-4-8-17/h2-5,7-9,12H,6,10-11,13-16H2,1H3,(H,21,25). The van der Waals surface area contributed by atoms with Crippen LogP contribution in [-0.2, 0) is 21.9 Å². The second-order valence-electron chi connectivity index (χ2n) is 6.97. The smallest absolute Gasteiger partial charge is 0.270 e. The molecule has 1 fully saturated rings. The van der Waals surface area contributed by atoms with Crippen molar-refractivity contribution >= 4 is 21.8 Å². The predicted octanol–water partition coefficient (Wildman–Crippen LogP) is 1.07. The third kappa shape index (κ3) is 5.04. The fourth-order valence-corrected chi connectivity index (χ4v) is 4.84. The second kappa shape index (κ2) is 9.23. The number of rotatable bonds is 3. The van der Waals surface area contributed by atoms with E-state index >= 15 is 0 Å². The minimum Gasteiger partial charge on any atom is -0.354 e. The van der Waals surface area contributed by atoms with E-state index in [1.807, 2.05) is 0 Å². The third-order valence-corrected chi connectivity index (χ3v) is 6.87. The Hall–Kier alpha value is -2.65. The number of aryl methyl sites for hydroxylation is 1. The molecule has 0 aliphatic carbocycles. The summed E-state index contributed by atoms with van der Waals surface area (Å²) in [6.07, 6.45) is 2.36. The van der Waals surface area contributed by atoms with Crippen LogP contribution in [0.4, 0.5) is 0 Å². The summed E-state index contributed by atoms with van der Waals surface area (Å²) in [4.78, 5) is 26.9. The number of hydrogen-bond donors (Lipinski definition) is 1. The van der Waals surface area contributed by atoms with Crippen LogP contribution < -0.4 is 5.32 Å². The summed E-state index contributed by atoms with van der Waals surface area (Å²) in [5, 5.41) is 2.78. The quantitative estimate of drug-likeness (QED) is 0.807. The molecule has 2 heterocycles. The number of benzene rings is 1. The Balaban J connectivity index is 1.78. The molecule has 0 atom stereocenters. The van der Waals surface area contributed by atoms with Gasteiger partial charge in [-0.2, -0.15) is 4.31 Å². The van der Waals surface area contributed by atoms with E-state index in [-0.39, 0.29) is 36.2 Å². The van der Waals surface area contributed by atoms with Crippen LogP contribution in [0.15, 0.2) is 53.6 Å². The van der Waals surface area contributed by atoms with Gasteiger partial charge in [0.15, 0.2) is 0 Å².